The fraction of sp³-hybridized carbons (Fsp3) is 0.188. The van der Waals surface area contributed by atoms with Gasteiger partial charge >= 0.3 is 18.1 Å². The largest absolute Gasteiger partial charge is 0.473 e. The summed E-state index contributed by atoms with van der Waals surface area (Å²) in [5.41, 5.74) is -1.08. The Morgan fingerprint density at radius 2 is 1.63 bits per heavy atom. The molecule has 2 aromatic rings. The first-order chi connectivity index (χ1) is 12.6. The van der Waals surface area contributed by atoms with Gasteiger partial charge in [-0.25, -0.2) is 9.59 Å². The number of carboxylic acid groups (broad SMARTS) is 2. The van der Waals surface area contributed by atoms with E-state index in [1.807, 2.05) is 17.5 Å². The monoisotopic (exact) mass is 404 g/mol. The van der Waals surface area contributed by atoms with Crippen molar-refractivity contribution in [2.45, 2.75) is 12.7 Å². The van der Waals surface area contributed by atoms with Crippen LogP contribution in [0.15, 0.2) is 41.8 Å². The summed E-state index contributed by atoms with van der Waals surface area (Å²) in [7, 11) is 0. The number of rotatable bonds is 5. The molecular weight excluding hydrogens is 389 g/mol. The van der Waals surface area contributed by atoms with Gasteiger partial charge in [-0.3, -0.25) is 4.79 Å². The van der Waals surface area contributed by atoms with Gasteiger partial charge in [-0.1, -0.05) is 18.2 Å². The second-order valence-electron chi connectivity index (χ2n) is 4.88. The van der Waals surface area contributed by atoms with Crippen molar-refractivity contribution in [2.24, 2.45) is 0 Å². The van der Waals surface area contributed by atoms with Crippen molar-refractivity contribution in [1.29, 1.82) is 0 Å². The minimum atomic E-state index is -4.49. The zero-order chi connectivity index (χ0) is 20.4. The third-order valence-electron chi connectivity index (χ3n) is 2.85. The van der Waals surface area contributed by atoms with Gasteiger partial charge in [0.2, 0.25) is 5.91 Å². The van der Waals surface area contributed by atoms with E-state index in [9.17, 15) is 18.0 Å². The third-order valence-corrected chi connectivity index (χ3v) is 3.73. The summed E-state index contributed by atoms with van der Waals surface area (Å²) in [6, 6.07) is 8.71. The van der Waals surface area contributed by atoms with Gasteiger partial charge in [0.15, 0.2) is 0 Å². The molecule has 146 valence electrons. The van der Waals surface area contributed by atoms with Crippen LogP contribution in [-0.2, 0) is 27.1 Å². The highest BCUT2D eigenvalue weighted by Crippen LogP contribution is 2.34. The van der Waals surface area contributed by atoms with Crippen molar-refractivity contribution in [1.82, 2.24) is 5.32 Å². The van der Waals surface area contributed by atoms with Crippen LogP contribution in [0.4, 0.5) is 18.9 Å². The van der Waals surface area contributed by atoms with Crippen LogP contribution in [0.2, 0.25) is 0 Å². The number of nitrogens with one attached hydrogen (secondary N) is 2. The maximum absolute atomic E-state index is 12.8. The molecule has 1 aromatic carbocycles. The van der Waals surface area contributed by atoms with Gasteiger partial charge in [0.25, 0.3) is 0 Å². The number of carboxylic acids is 2. The Labute approximate surface area is 155 Å². The first-order valence-electron chi connectivity index (χ1n) is 7.26. The van der Waals surface area contributed by atoms with Crippen LogP contribution in [0.25, 0.3) is 0 Å². The molecule has 0 aliphatic rings. The summed E-state index contributed by atoms with van der Waals surface area (Å²) in [5.74, 6) is -4.16. The van der Waals surface area contributed by atoms with Crippen LogP contribution in [-0.4, -0.2) is 34.6 Å². The van der Waals surface area contributed by atoms with E-state index in [1.54, 1.807) is 11.3 Å². The first kappa shape index (κ1) is 22.1. The zero-order valence-corrected chi connectivity index (χ0v) is 14.4. The van der Waals surface area contributed by atoms with Crippen molar-refractivity contribution in [3.63, 3.8) is 0 Å². The van der Waals surface area contributed by atoms with Crippen molar-refractivity contribution >= 4 is 34.9 Å². The molecule has 0 aliphatic carbocycles. The number of carbonyl (C=O) groups is 3. The van der Waals surface area contributed by atoms with E-state index in [0.717, 1.165) is 10.9 Å². The molecule has 0 aliphatic heterocycles. The molecule has 0 radical (unpaired) electrons. The van der Waals surface area contributed by atoms with Gasteiger partial charge in [0, 0.05) is 11.4 Å². The lowest BCUT2D eigenvalue weighted by atomic mass is 10.1. The highest BCUT2D eigenvalue weighted by atomic mass is 32.1. The number of thiophene rings is 1. The first-order valence-corrected chi connectivity index (χ1v) is 8.14. The Bertz CT molecular complexity index is 767. The summed E-state index contributed by atoms with van der Waals surface area (Å²) < 4.78 is 38.3. The molecule has 0 spiro atoms. The number of halogens is 3. The molecule has 2 rings (SSSR count). The summed E-state index contributed by atoms with van der Waals surface area (Å²) in [6.07, 6.45) is -4.49. The van der Waals surface area contributed by atoms with Crippen LogP contribution in [0.3, 0.4) is 0 Å². The number of amides is 1. The maximum Gasteiger partial charge on any atom is 0.418 e. The minimum absolute atomic E-state index is 0.0515. The molecule has 0 unspecified atom stereocenters. The fourth-order valence-corrected chi connectivity index (χ4v) is 2.42. The van der Waals surface area contributed by atoms with Crippen LogP contribution >= 0.6 is 11.3 Å². The molecule has 0 atom stereocenters. The van der Waals surface area contributed by atoms with Crippen LogP contribution in [0, 0.1) is 0 Å². The average molecular weight is 404 g/mol. The molecule has 27 heavy (non-hydrogen) atoms. The normalized spacial score (nSPS) is 10.5. The van der Waals surface area contributed by atoms with Gasteiger partial charge < -0.3 is 20.8 Å². The Kier molecular flexibility index (Phi) is 8.42. The summed E-state index contributed by atoms with van der Waals surface area (Å²) in [4.78, 5) is 30.9. The molecule has 1 aromatic heterocycles. The molecular formula is C16H15F3N2O5S. The molecule has 0 saturated carbocycles. The van der Waals surface area contributed by atoms with Crippen molar-refractivity contribution in [2.75, 3.05) is 11.9 Å². The van der Waals surface area contributed by atoms with E-state index in [-0.39, 0.29) is 12.2 Å². The molecule has 1 heterocycles. The Morgan fingerprint density at radius 3 is 2.15 bits per heavy atom. The minimum Gasteiger partial charge on any atom is -0.473 e. The number of anilines is 1. The van der Waals surface area contributed by atoms with Crippen LogP contribution in [0.1, 0.15) is 10.4 Å². The molecule has 4 N–H and O–H groups in total. The van der Waals surface area contributed by atoms with E-state index < -0.39 is 29.6 Å². The SMILES string of the molecule is O=C(CNCc1cccs1)Nc1ccccc1C(F)(F)F.O=C(O)C(=O)O. The Morgan fingerprint density at radius 1 is 1.00 bits per heavy atom. The van der Waals surface area contributed by atoms with E-state index >= 15 is 0 Å². The number of carbonyl (C=O) groups excluding carboxylic acids is 1. The molecule has 0 bridgehead atoms. The van der Waals surface area contributed by atoms with Crippen LogP contribution < -0.4 is 10.6 Å². The number of alkyl halides is 3. The number of hydrogen-bond acceptors (Lipinski definition) is 5. The summed E-state index contributed by atoms with van der Waals surface area (Å²) in [6.45, 7) is 0.454. The number of benzene rings is 1. The Balaban J connectivity index is 0.000000527. The van der Waals surface area contributed by atoms with Gasteiger partial charge in [-0.15, -0.1) is 11.3 Å². The molecule has 11 heteroatoms. The lowest BCUT2D eigenvalue weighted by molar-refractivity contribution is -0.159. The lowest BCUT2D eigenvalue weighted by Gasteiger charge is -2.13. The predicted octanol–water partition coefficient (Wildman–Crippen LogP) is 2.65. The second-order valence-corrected chi connectivity index (χ2v) is 5.92. The highest BCUT2D eigenvalue weighted by molar-refractivity contribution is 7.09. The summed E-state index contributed by atoms with van der Waals surface area (Å²) >= 11 is 1.54. The topological polar surface area (TPSA) is 116 Å². The zero-order valence-electron chi connectivity index (χ0n) is 13.6. The van der Waals surface area contributed by atoms with E-state index in [4.69, 9.17) is 19.8 Å². The van der Waals surface area contributed by atoms with Crippen molar-refractivity contribution in [3.05, 3.63) is 52.2 Å². The van der Waals surface area contributed by atoms with E-state index in [0.29, 0.717) is 6.54 Å². The molecule has 7 nitrogen and oxygen atoms in total. The molecule has 0 saturated heterocycles. The van der Waals surface area contributed by atoms with E-state index in [2.05, 4.69) is 10.6 Å². The smallest absolute Gasteiger partial charge is 0.418 e. The van der Waals surface area contributed by atoms with Gasteiger partial charge in [0.1, 0.15) is 0 Å². The Hall–Kier alpha value is -2.92. The number of hydrogen-bond donors (Lipinski definition) is 4. The average Bonchev–Trinajstić information content (AvgIpc) is 3.08. The van der Waals surface area contributed by atoms with Crippen LogP contribution in [0.5, 0.6) is 0 Å². The lowest BCUT2D eigenvalue weighted by Crippen LogP contribution is -2.28. The molecule has 1 amide bonds. The predicted molar refractivity (Wildman–Crippen MR) is 91.4 cm³/mol. The van der Waals surface area contributed by atoms with E-state index in [1.165, 1.54) is 18.2 Å². The second kappa shape index (κ2) is 10.3. The fourth-order valence-electron chi connectivity index (χ4n) is 1.75. The van der Waals surface area contributed by atoms with Gasteiger partial charge in [-0.2, -0.15) is 13.2 Å². The van der Waals surface area contributed by atoms with Crippen molar-refractivity contribution in [3.8, 4) is 0 Å². The van der Waals surface area contributed by atoms with Gasteiger partial charge in [-0.05, 0) is 23.6 Å². The number of para-hydroxylation sites is 1. The van der Waals surface area contributed by atoms with Gasteiger partial charge in [0.05, 0.1) is 17.8 Å². The number of aliphatic carboxylic acids is 2. The van der Waals surface area contributed by atoms with Crippen molar-refractivity contribution < 1.29 is 37.8 Å². The maximum atomic E-state index is 12.8. The summed E-state index contributed by atoms with van der Waals surface area (Å²) in [5, 5.41) is 21.9. The molecule has 0 fully saturated rings. The quantitative estimate of drug-likeness (QED) is 0.570. The highest BCUT2D eigenvalue weighted by Gasteiger charge is 2.33. The third kappa shape index (κ3) is 8.33. The standard InChI is InChI=1S/C14H13F3N2OS.C2H2O4/c15-14(16,17)11-5-1-2-6-12(11)19-13(20)9-18-8-10-4-3-7-21-10;3-1(4)2(5)6/h1-7,18H,8-9H2,(H,19,20);(H,3,4)(H,5,6).